The zero-order valence-electron chi connectivity index (χ0n) is 12.2. The molecule has 0 unspecified atom stereocenters. The van der Waals surface area contributed by atoms with Gasteiger partial charge in [0.2, 0.25) is 0 Å². The molecule has 1 aromatic carbocycles. The monoisotopic (exact) mass is 311 g/mol. The minimum absolute atomic E-state index is 0.697. The van der Waals surface area contributed by atoms with Gasteiger partial charge in [0, 0.05) is 24.5 Å². The maximum Gasteiger partial charge on any atom is 0.0239 e. The molecule has 0 saturated carbocycles. The fourth-order valence-corrected chi connectivity index (χ4v) is 2.95. The topological polar surface area (TPSA) is 3.24 Å². The minimum Gasteiger partial charge on any atom is -0.295 e. The highest BCUT2D eigenvalue weighted by Gasteiger charge is 2.15. The van der Waals surface area contributed by atoms with E-state index in [0.717, 1.165) is 18.4 Å². The van der Waals surface area contributed by atoms with Gasteiger partial charge in [-0.3, -0.25) is 4.90 Å². The van der Waals surface area contributed by atoms with Gasteiger partial charge >= 0.3 is 0 Å². The van der Waals surface area contributed by atoms with Gasteiger partial charge in [0.1, 0.15) is 0 Å². The third kappa shape index (κ3) is 4.40. The largest absolute Gasteiger partial charge is 0.295 e. The number of aryl methyl sites for hydroxylation is 2. The molecule has 0 saturated heterocycles. The Balaban J connectivity index is 2.85. The molecule has 0 atom stereocenters. The normalized spacial score (nSPS) is 11.5. The van der Waals surface area contributed by atoms with Crippen LogP contribution in [-0.2, 0) is 6.54 Å². The number of hydrogen-bond acceptors (Lipinski definition) is 1. The average molecular weight is 312 g/mol. The standard InChI is InChI=1S/C16H26BrN/c1-5-16(6-2)18(10-9-17)12-15-11-13(3)7-8-14(15)4/h7-8,11,16H,5-6,9-10,12H2,1-4H3. The van der Waals surface area contributed by atoms with Gasteiger partial charge in [-0.15, -0.1) is 0 Å². The molecule has 0 fully saturated rings. The van der Waals surface area contributed by atoms with Gasteiger partial charge < -0.3 is 0 Å². The summed E-state index contributed by atoms with van der Waals surface area (Å²) in [5.41, 5.74) is 4.24. The van der Waals surface area contributed by atoms with Crippen molar-refractivity contribution in [2.75, 3.05) is 11.9 Å². The number of halogens is 1. The van der Waals surface area contributed by atoms with E-state index in [4.69, 9.17) is 0 Å². The van der Waals surface area contributed by atoms with Crippen LogP contribution in [0.4, 0.5) is 0 Å². The van der Waals surface area contributed by atoms with Gasteiger partial charge in [-0.1, -0.05) is 53.5 Å². The lowest BCUT2D eigenvalue weighted by molar-refractivity contribution is 0.189. The Labute approximate surface area is 121 Å². The maximum absolute atomic E-state index is 3.58. The lowest BCUT2D eigenvalue weighted by Gasteiger charge is -2.30. The number of hydrogen-bond donors (Lipinski definition) is 0. The Kier molecular flexibility index (Phi) is 6.95. The van der Waals surface area contributed by atoms with E-state index in [9.17, 15) is 0 Å². The molecule has 0 amide bonds. The molecule has 1 nitrogen and oxygen atoms in total. The number of alkyl halides is 1. The van der Waals surface area contributed by atoms with Crippen LogP contribution in [0, 0.1) is 13.8 Å². The molecule has 0 radical (unpaired) electrons. The van der Waals surface area contributed by atoms with Gasteiger partial charge in [-0.25, -0.2) is 0 Å². The minimum atomic E-state index is 0.697. The highest BCUT2D eigenvalue weighted by atomic mass is 79.9. The Morgan fingerprint density at radius 1 is 1.17 bits per heavy atom. The summed E-state index contributed by atoms with van der Waals surface area (Å²) in [5, 5.41) is 1.05. The number of benzene rings is 1. The van der Waals surface area contributed by atoms with E-state index in [2.05, 4.69) is 66.7 Å². The molecule has 0 spiro atoms. The SMILES string of the molecule is CCC(CC)N(CCBr)Cc1cc(C)ccc1C. The molecule has 18 heavy (non-hydrogen) atoms. The van der Waals surface area contributed by atoms with Gasteiger partial charge in [0.05, 0.1) is 0 Å². The van der Waals surface area contributed by atoms with Crippen molar-refractivity contribution in [2.24, 2.45) is 0 Å². The summed E-state index contributed by atoms with van der Waals surface area (Å²) in [5.74, 6) is 0. The second-order valence-electron chi connectivity index (χ2n) is 5.06. The zero-order chi connectivity index (χ0) is 13.5. The molecule has 102 valence electrons. The van der Waals surface area contributed by atoms with Crippen LogP contribution in [0.15, 0.2) is 18.2 Å². The van der Waals surface area contributed by atoms with Crippen LogP contribution in [0.1, 0.15) is 43.4 Å². The molecular weight excluding hydrogens is 286 g/mol. The van der Waals surface area contributed by atoms with Crippen LogP contribution in [0.25, 0.3) is 0 Å². The van der Waals surface area contributed by atoms with Crippen molar-refractivity contribution in [1.82, 2.24) is 4.90 Å². The molecule has 0 aliphatic rings. The van der Waals surface area contributed by atoms with E-state index >= 15 is 0 Å². The summed E-state index contributed by atoms with van der Waals surface area (Å²) < 4.78 is 0. The molecule has 0 aromatic heterocycles. The summed E-state index contributed by atoms with van der Waals surface area (Å²) in [4.78, 5) is 2.61. The van der Waals surface area contributed by atoms with Gasteiger partial charge in [-0.2, -0.15) is 0 Å². The lowest BCUT2D eigenvalue weighted by Crippen LogP contribution is -2.35. The van der Waals surface area contributed by atoms with E-state index in [0.29, 0.717) is 6.04 Å². The predicted molar refractivity (Wildman–Crippen MR) is 84.5 cm³/mol. The third-order valence-corrected chi connectivity index (χ3v) is 4.06. The summed E-state index contributed by atoms with van der Waals surface area (Å²) in [7, 11) is 0. The molecule has 0 bridgehead atoms. The van der Waals surface area contributed by atoms with Gasteiger partial charge in [0.25, 0.3) is 0 Å². The molecule has 2 heteroatoms. The lowest BCUT2D eigenvalue weighted by atomic mass is 10.0. The second kappa shape index (κ2) is 7.96. The predicted octanol–water partition coefficient (Wildman–Crippen LogP) is 4.69. The molecule has 1 aromatic rings. The molecule has 1 rings (SSSR count). The first-order valence-corrected chi connectivity index (χ1v) is 8.10. The number of rotatable bonds is 7. The van der Waals surface area contributed by atoms with E-state index in [1.807, 2.05) is 0 Å². The molecule has 0 heterocycles. The Morgan fingerprint density at radius 2 is 1.83 bits per heavy atom. The molecule has 0 N–H and O–H groups in total. The van der Waals surface area contributed by atoms with Crippen LogP contribution >= 0.6 is 15.9 Å². The van der Waals surface area contributed by atoms with E-state index in [1.54, 1.807) is 0 Å². The summed E-state index contributed by atoms with van der Waals surface area (Å²) >= 11 is 3.58. The van der Waals surface area contributed by atoms with Crippen LogP contribution in [-0.4, -0.2) is 22.8 Å². The Morgan fingerprint density at radius 3 is 2.39 bits per heavy atom. The van der Waals surface area contributed by atoms with Crippen molar-refractivity contribution < 1.29 is 0 Å². The summed E-state index contributed by atoms with van der Waals surface area (Å²) in [6, 6.07) is 7.47. The fourth-order valence-electron chi connectivity index (χ4n) is 2.49. The zero-order valence-corrected chi connectivity index (χ0v) is 13.8. The first-order chi connectivity index (χ1) is 8.62. The first kappa shape index (κ1) is 15.7. The van der Waals surface area contributed by atoms with Crippen LogP contribution in [0.3, 0.4) is 0 Å². The van der Waals surface area contributed by atoms with Gasteiger partial charge in [-0.05, 0) is 37.8 Å². The molecule has 0 aliphatic carbocycles. The highest BCUT2D eigenvalue weighted by Crippen LogP contribution is 2.17. The van der Waals surface area contributed by atoms with Crippen LogP contribution in [0.5, 0.6) is 0 Å². The van der Waals surface area contributed by atoms with Crippen LogP contribution in [0.2, 0.25) is 0 Å². The van der Waals surface area contributed by atoms with Crippen molar-refractivity contribution in [1.29, 1.82) is 0 Å². The fraction of sp³-hybridized carbons (Fsp3) is 0.625. The third-order valence-electron chi connectivity index (χ3n) is 3.71. The summed E-state index contributed by atoms with van der Waals surface area (Å²) in [6.07, 6.45) is 2.46. The smallest absolute Gasteiger partial charge is 0.0239 e. The number of nitrogens with zero attached hydrogens (tertiary/aromatic N) is 1. The quantitative estimate of drug-likeness (QED) is 0.660. The summed E-state index contributed by atoms with van der Waals surface area (Å²) in [6.45, 7) is 11.2. The molecule has 0 aliphatic heterocycles. The molecular formula is C16H26BrN. The van der Waals surface area contributed by atoms with Crippen molar-refractivity contribution in [3.8, 4) is 0 Å². The first-order valence-electron chi connectivity index (χ1n) is 6.98. The second-order valence-corrected chi connectivity index (χ2v) is 5.85. The van der Waals surface area contributed by atoms with Crippen molar-refractivity contribution in [2.45, 2.75) is 53.1 Å². The van der Waals surface area contributed by atoms with E-state index in [1.165, 1.54) is 29.5 Å². The Bertz CT molecular complexity index is 358. The average Bonchev–Trinajstić information content (AvgIpc) is 2.35. The van der Waals surface area contributed by atoms with Crippen molar-refractivity contribution in [3.05, 3.63) is 34.9 Å². The van der Waals surface area contributed by atoms with Crippen molar-refractivity contribution >= 4 is 15.9 Å². The Hall–Kier alpha value is -0.340. The van der Waals surface area contributed by atoms with Crippen LogP contribution < -0.4 is 0 Å². The highest BCUT2D eigenvalue weighted by molar-refractivity contribution is 9.09. The van der Waals surface area contributed by atoms with Crippen molar-refractivity contribution in [3.63, 3.8) is 0 Å². The van der Waals surface area contributed by atoms with E-state index < -0.39 is 0 Å². The van der Waals surface area contributed by atoms with E-state index in [-0.39, 0.29) is 0 Å². The van der Waals surface area contributed by atoms with Gasteiger partial charge in [0.15, 0.2) is 0 Å². The maximum atomic E-state index is 3.58.